The quantitative estimate of drug-likeness (QED) is 0.741. The molecule has 3 aromatic heterocycles. The Kier molecular flexibility index (Phi) is 3.82. The number of rotatable bonds is 3. The molecule has 1 N–H and O–H groups in total. The average molecular weight is 360 g/mol. The minimum atomic E-state index is 0.0400. The summed E-state index contributed by atoms with van der Waals surface area (Å²) < 4.78 is 2.44. The van der Waals surface area contributed by atoms with Crippen molar-refractivity contribution in [1.82, 2.24) is 14.5 Å². The van der Waals surface area contributed by atoms with Crippen LogP contribution in [-0.2, 0) is 4.79 Å². The normalized spacial score (nSPS) is 30.4. The van der Waals surface area contributed by atoms with Crippen molar-refractivity contribution in [3.05, 3.63) is 30.7 Å². The van der Waals surface area contributed by atoms with E-state index in [9.17, 15) is 4.79 Å². The minimum absolute atomic E-state index is 0.0400. The molecule has 0 spiro atoms. The molecule has 2 aliphatic carbocycles. The third-order valence-electron chi connectivity index (χ3n) is 6.99. The van der Waals surface area contributed by atoms with Gasteiger partial charge in [0.2, 0.25) is 0 Å². The van der Waals surface area contributed by atoms with Crippen LogP contribution in [0.5, 0.6) is 0 Å². The number of carbonyl (C=O) groups is 1. The third-order valence-corrected chi connectivity index (χ3v) is 6.99. The van der Waals surface area contributed by atoms with E-state index in [4.69, 9.17) is 5.26 Å². The van der Waals surface area contributed by atoms with E-state index in [2.05, 4.69) is 45.9 Å². The summed E-state index contributed by atoms with van der Waals surface area (Å²) in [7, 11) is 0. The number of hydrogen-bond donors (Lipinski definition) is 1. The fourth-order valence-electron chi connectivity index (χ4n) is 5.84. The summed E-state index contributed by atoms with van der Waals surface area (Å²) in [5.74, 6) is 1.76. The third kappa shape index (κ3) is 2.58. The Bertz CT molecular complexity index is 1060. The van der Waals surface area contributed by atoms with E-state index in [1.54, 1.807) is 0 Å². The largest absolute Gasteiger partial charge is 0.346 e. The standard InChI is InChI=1S/C22H24N4O/c1-13-8-14-9-16(11-18(13)20(27)2-5-23)19(10-14)26-7-4-15-12-25-22-17(21(15)26)3-6-24-22/h3-4,6-7,12-14,16,18-19H,2,8-11H2,1H3,(H,24,25)/t13?,14-,16-,18?,19-/m1/s1. The van der Waals surface area contributed by atoms with Crippen molar-refractivity contribution in [2.24, 2.45) is 23.7 Å². The van der Waals surface area contributed by atoms with Crippen LogP contribution >= 0.6 is 0 Å². The second kappa shape index (κ2) is 6.23. The number of nitriles is 1. The van der Waals surface area contributed by atoms with Gasteiger partial charge in [-0.2, -0.15) is 5.26 Å². The molecule has 0 amide bonds. The molecule has 0 saturated heterocycles. The lowest BCUT2D eigenvalue weighted by Crippen LogP contribution is -2.27. The SMILES string of the molecule is CC1C[C@@H]2C[C@H](CC1C(=O)CC#N)[C@H](n1ccc3cnc4[nH]ccc4c31)C2. The Balaban J connectivity index is 1.54. The van der Waals surface area contributed by atoms with Gasteiger partial charge < -0.3 is 9.55 Å². The molecule has 0 aromatic carbocycles. The lowest BCUT2D eigenvalue weighted by atomic mass is 9.78. The summed E-state index contributed by atoms with van der Waals surface area (Å²) in [4.78, 5) is 20.3. The molecule has 5 heteroatoms. The van der Waals surface area contributed by atoms with Gasteiger partial charge in [0.15, 0.2) is 0 Å². The van der Waals surface area contributed by atoms with Crippen molar-refractivity contribution < 1.29 is 4.79 Å². The van der Waals surface area contributed by atoms with Gasteiger partial charge in [0, 0.05) is 41.3 Å². The molecule has 2 bridgehead atoms. The summed E-state index contributed by atoms with van der Waals surface area (Å²) in [5.41, 5.74) is 2.18. The van der Waals surface area contributed by atoms with Gasteiger partial charge in [-0.25, -0.2) is 4.98 Å². The topological polar surface area (TPSA) is 74.5 Å². The Morgan fingerprint density at radius 2 is 2.22 bits per heavy atom. The number of pyridine rings is 1. The molecule has 3 heterocycles. The van der Waals surface area contributed by atoms with Crippen LogP contribution in [0.2, 0.25) is 0 Å². The first-order chi connectivity index (χ1) is 13.2. The number of nitrogens with one attached hydrogen (secondary N) is 1. The second-order valence-corrected chi connectivity index (χ2v) is 8.55. The van der Waals surface area contributed by atoms with Crippen LogP contribution < -0.4 is 0 Å². The van der Waals surface area contributed by atoms with Gasteiger partial charge in [-0.15, -0.1) is 0 Å². The number of aromatic amines is 1. The first-order valence-electron chi connectivity index (χ1n) is 9.98. The zero-order valence-electron chi connectivity index (χ0n) is 15.6. The van der Waals surface area contributed by atoms with Crippen molar-refractivity contribution in [3.8, 4) is 6.07 Å². The monoisotopic (exact) mass is 360 g/mol. The van der Waals surface area contributed by atoms with Crippen LogP contribution in [0.1, 0.15) is 45.1 Å². The smallest absolute Gasteiger partial charge is 0.150 e. The fraction of sp³-hybridized carbons (Fsp3) is 0.500. The summed E-state index contributed by atoms with van der Waals surface area (Å²) in [6.45, 7) is 2.20. The Labute approximate surface area is 158 Å². The van der Waals surface area contributed by atoms with Crippen LogP contribution in [0, 0.1) is 35.0 Å². The number of nitrogens with zero attached hydrogens (tertiary/aromatic N) is 3. The van der Waals surface area contributed by atoms with Crippen molar-refractivity contribution in [2.45, 2.75) is 45.1 Å². The molecule has 2 unspecified atom stereocenters. The van der Waals surface area contributed by atoms with Gasteiger partial charge in [0.1, 0.15) is 11.4 Å². The van der Waals surface area contributed by atoms with Crippen molar-refractivity contribution in [3.63, 3.8) is 0 Å². The Hall–Kier alpha value is -2.61. The maximum atomic E-state index is 12.5. The predicted octanol–water partition coefficient (Wildman–Crippen LogP) is 4.61. The number of carbonyl (C=O) groups excluding carboxylic acids is 1. The van der Waals surface area contributed by atoms with Crippen LogP contribution in [0.4, 0.5) is 0 Å². The minimum Gasteiger partial charge on any atom is -0.346 e. The van der Waals surface area contributed by atoms with Crippen molar-refractivity contribution in [1.29, 1.82) is 5.26 Å². The van der Waals surface area contributed by atoms with Crippen LogP contribution in [0.25, 0.3) is 21.9 Å². The molecule has 138 valence electrons. The van der Waals surface area contributed by atoms with Gasteiger partial charge in [0.25, 0.3) is 0 Å². The molecular formula is C22H24N4O. The van der Waals surface area contributed by atoms with Crippen molar-refractivity contribution in [2.75, 3.05) is 0 Å². The molecule has 0 aliphatic heterocycles. The molecule has 2 aliphatic rings. The second-order valence-electron chi connectivity index (χ2n) is 8.55. The number of H-pyrrole nitrogens is 1. The van der Waals surface area contributed by atoms with Crippen LogP contribution in [-0.4, -0.2) is 20.3 Å². The zero-order valence-corrected chi connectivity index (χ0v) is 15.6. The molecule has 5 atom stereocenters. The van der Waals surface area contributed by atoms with Gasteiger partial charge in [-0.05, 0) is 55.6 Å². The molecule has 0 radical (unpaired) electrons. The van der Waals surface area contributed by atoms with E-state index in [-0.39, 0.29) is 18.1 Å². The van der Waals surface area contributed by atoms with Crippen LogP contribution in [0.3, 0.4) is 0 Å². The molecule has 27 heavy (non-hydrogen) atoms. The van der Waals surface area contributed by atoms with Gasteiger partial charge in [-0.1, -0.05) is 6.92 Å². The highest BCUT2D eigenvalue weighted by atomic mass is 16.1. The van der Waals surface area contributed by atoms with Crippen LogP contribution in [0.15, 0.2) is 30.7 Å². The maximum absolute atomic E-state index is 12.5. The van der Waals surface area contributed by atoms with E-state index in [0.29, 0.717) is 23.8 Å². The molecule has 2 fully saturated rings. The number of ketones is 1. The molecule has 3 aromatic rings. The highest BCUT2D eigenvalue weighted by Crippen LogP contribution is 2.51. The highest BCUT2D eigenvalue weighted by molar-refractivity contribution is 6.02. The predicted molar refractivity (Wildman–Crippen MR) is 104 cm³/mol. The van der Waals surface area contributed by atoms with Crippen molar-refractivity contribution >= 4 is 27.7 Å². The number of hydrogen-bond acceptors (Lipinski definition) is 3. The zero-order chi connectivity index (χ0) is 18.5. The first-order valence-corrected chi connectivity index (χ1v) is 9.98. The van der Waals surface area contributed by atoms with E-state index < -0.39 is 0 Å². The van der Waals surface area contributed by atoms with E-state index in [1.807, 2.05) is 12.4 Å². The number of fused-ring (bicyclic) bond motifs is 5. The van der Waals surface area contributed by atoms with Gasteiger partial charge >= 0.3 is 0 Å². The summed E-state index contributed by atoms with van der Waals surface area (Å²) in [5, 5.41) is 11.3. The average Bonchev–Trinajstić information content (AvgIpc) is 3.33. The molecule has 2 saturated carbocycles. The highest BCUT2D eigenvalue weighted by Gasteiger charge is 2.43. The molecule has 5 rings (SSSR count). The van der Waals surface area contributed by atoms with E-state index in [0.717, 1.165) is 18.5 Å². The van der Waals surface area contributed by atoms with E-state index >= 15 is 0 Å². The summed E-state index contributed by atoms with van der Waals surface area (Å²) >= 11 is 0. The van der Waals surface area contributed by atoms with Gasteiger partial charge in [-0.3, -0.25) is 4.79 Å². The Morgan fingerprint density at radius 1 is 1.33 bits per heavy atom. The number of aromatic nitrogens is 3. The van der Waals surface area contributed by atoms with Gasteiger partial charge in [0.05, 0.1) is 18.0 Å². The molecule has 5 nitrogen and oxygen atoms in total. The first kappa shape index (κ1) is 16.6. The maximum Gasteiger partial charge on any atom is 0.150 e. The number of Topliss-reactive ketones (excluding diaryl/α,β-unsaturated/α-hetero) is 1. The van der Waals surface area contributed by atoms with E-state index in [1.165, 1.54) is 29.1 Å². The molecular weight excluding hydrogens is 336 g/mol. The lowest BCUT2D eigenvalue weighted by molar-refractivity contribution is -0.124. The summed E-state index contributed by atoms with van der Waals surface area (Å²) in [6, 6.07) is 6.76. The summed E-state index contributed by atoms with van der Waals surface area (Å²) in [6.07, 6.45) is 10.6. The fourth-order valence-corrected chi connectivity index (χ4v) is 5.84. The Morgan fingerprint density at radius 3 is 3.07 bits per heavy atom. The lowest BCUT2D eigenvalue weighted by Gasteiger charge is -2.30.